The first-order valence-electron chi connectivity index (χ1n) is 7.76. The lowest BCUT2D eigenvalue weighted by atomic mass is 10.00. The molecule has 2 heterocycles. The molecule has 0 atom stereocenters. The van der Waals surface area contributed by atoms with Crippen molar-refractivity contribution in [2.75, 3.05) is 14.2 Å². The molecule has 0 unspecified atom stereocenters. The van der Waals surface area contributed by atoms with Crippen LogP contribution in [-0.4, -0.2) is 14.2 Å². The van der Waals surface area contributed by atoms with Gasteiger partial charge in [0.05, 0.1) is 14.2 Å². The number of ether oxygens (including phenoxy) is 2. The van der Waals surface area contributed by atoms with E-state index >= 15 is 0 Å². The van der Waals surface area contributed by atoms with Crippen molar-refractivity contribution in [3.63, 3.8) is 0 Å². The van der Waals surface area contributed by atoms with Crippen LogP contribution >= 0.6 is 22.7 Å². The number of aryl methyl sites for hydroxylation is 2. The van der Waals surface area contributed by atoms with Gasteiger partial charge in [-0.15, -0.1) is 22.7 Å². The average Bonchev–Trinajstić information content (AvgIpc) is 3.15. The quantitative estimate of drug-likeness (QED) is 0.423. The average molecular weight is 354 g/mol. The first-order valence-corrected chi connectivity index (χ1v) is 9.39. The third kappa shape index (κ3) is 2.38. The second kappa shape index (κ2) is 5.80. The van der Waals surface area contributed by atoms with Gasteiger partial charge in [0.15, 0.2) is 11.5 Å². The van der Waals surface area contributed by atoms with E-state index in [2.05, 4.69) is 50.2 Å². The van der Waals surface area contributed by atoms with Crippen LogP contribution < -0.4 is 9.47 Å². The maximum Gasteiger partial charge on any atom is 0.161 e. The maximum atomic E-state index is 5.54. The monoisotopic (exact) mass is 354 g/mol. The van der Waals surface area contributed by atoms with Gasteiger partial charge in [-0.2, -0.15) is 0 Å². The second-order valence-electron chi connectivity index (χ2n) is 5.87. The highest BCUT2D eigenvalue weighted by Crippen LogP contribution is 2.45. The van der Waals surface area contributed by atoms with Crippen LogP contribution in [0.1, 0.15) is 9.75 Å². The Morgan fingerprint density at radius 3 is 2.17 bits per heavy atom. The summed E-state index contributed by atoms with van der Waals surface area (Å²) in [4.78, 5) is 3.95. The number of fused-ring (bicyclic) bond motifs is 2. The molecule has 4 heteroatoms. The number of methoxy groups -OCH3 is 2. The minimum Gasteiger partial charge on any atom is -0.493 e. The Labute approximate surface area is 149 Å². The lowest BCUT2D eigenvalue weighted by Crippen LogP contribution is -1.91. The minimum absolute atomic E-state index is 0.768. The summed E-state index contributed by atoms with van der Waals surface area (Å²) in [6.45, 7) is 4.32. The summed E-state index contributed by atoms with van der Waals surface area (Å²) in [5.41, 5.74) is 1.31. The van der Waals surface area contributed by atoms with E-state index in [9.17, 15) is 0 Å². The Morgan fingerprint density at radius 2 is 1.50 bits per heavy atom. The van der Waals surface area contributed by atoms with Gasteiger partial charge in [0.1, 0.15) is 0 Å². The van der Waals surface area contributed by atoms with E-state index < -0.39 is 0 Å². The molecule has 0 amide bonds. The molecule has 0 fully saturated rings. The van der Waals surface area contributed by atoms with E-state index in [4.69, 9.17) is 9.47 Å². The van der Waals surface area contributed by atoms with Crippen molar-refractivity contribution >= 4 is 43.5 Å². The van der Waals surface area contributed by atoms with Gasteiger partial charge in [0.2, 0.25) is 0 Å². The Morgan fingerprint density at radius 1 is 0.750 bits per heavy atom. The Kier molecular flexibility index (Phi) is 3.74. The van der Waals surface area contributed by atoms with Crippen molar-refractivity contribution in [3.8, 4) is 21.9 Å². The third-order valence-corrected chi connectivity index (χ3v) is 6.34. The fourth-order valence-corrected chi connectivity index (χ4v) is 5.23. The third-order valence-electron chi connectivity index (χ3n) is 4.23. The van der Waals surface area contributed by atoms with Crippen molar-refractivity contribution in [2.24, 2.45) is 0 Å². The summed E-state index contributed by atoms with van der Waals surface area (Å²) in [7, 11) is 3.37. The fraction of sp³-hybridized carbons (Fsp3) is 0.200. The topological polar surface area (TPSA) is 18.5 Å². The molecule has 0 aliphatic rings. The molecule has 2 aromatic heterocycles. The van der Waals surface area contributed by atoms with Gasteiger partial charge in [0, 0.05) is 24.9 Å². The highest BCUT2D eigenvalue weighted by atomic mass is 32.1. The first kappa shape index (κ1) is 15.5. The van der Waals surface area contributed by atoms with Gasteiger partial charge in [0.25, 0.3) is 0 Å². The molecule has 4 rings (SSSR count). The molecule has 0 radical (unpaired) electrons. The number of hydrogen-bond acceptors (Lipinski definition) is 4. The van der Waals surface area contributed by atoms with Crippen molar-refractivity contribution in [1.29, 1.82) is 0 Å². The first-order chi connectivity index (χ1) is 11.6. The van der Waals surface area contributed by atoms with Gasteiger partial charge < -0.3 is 9.47 Å². The highest BCUT2D eigenvalue weighted by molar-refractivity contribution is 7.21. The smallest absolute Gasteiger partial charge is 0.161 e. The molecule has 0 bridgehead atoms. The van der Waals surface area contributed by atoms with E-state index in [-0.39, 0.29) is 0 Å². The van der Waals surface area contributed by atoms with Crippen LogP contribution in [0.25, 0.3) is 31.3 Å². The van der Waals surface area contributed by atoms with Crippen molar-refractivity contribution in [3.05, 3.63) is 46.2 Å². The fourth-order valence-electron chi connectivity index (χ4n) is 3.17. The molecular formula is C20H18O2S2. The second-order valence-corrected chi connectivity index (χ2v) is 8.41. The molecule has 4 aromatic rings. The predicted molar refractivity (Wildman–Crippen MR) is 105 cm³/mol. The summed E-state index contributed by atoms with van der Waals surface area (Å²) in [5, 5.41) is 3.68. The Bertz CT molecular complexity index is 1060. The number of hydrogen-bond donors (Lipinski definition) is 0. The molecule has 2 nitrogen and oxygen atoms in total. The molecule has 0 spiro atoms. The SMILES string of the molecule is COc1cc2cc3cc(C)sc3c(-c3ccc(C)s3)c2cc1OC. The van der Waals surface area contributed by atoms with Gasteiger partial charge in [-0.05, 0) is 66.4 Å². The van der Waals surface area contributed by atoms with Crippen LogP contribution in [0.5, 0.6) is 11.5 Å². The summed E-state index contributed by atoms with van der Waals surface area (Å²) >= 11 is 3.69. The summed E-state index contributed by atoms with van der Waals surface area (Å²) in [6.07, 6.45) is 0. The number of thiophene rings is 2. The van der Waals surface area contributed by atoms with Gasteiger partial charge in [-0.3, -0.25) is 0 Å². The highest BCUT2D eigenvalue weighted by Gasteiger charge is 2.16. The largest absolute Gasteiger partial charge is 0.493 e. The molecule has 0 saturated heterocycles. The summed E-state index contributed by atoms with van der Waals surface area (Å²) < 4.78 is 12.4. The van der Waals surface area contributed by atoms with Gasteiger partial charge in [-0.1, -0.05) is 0 Å². The van der Waals surface area contributed by atoms with E-state index in [1.807, 2.05) is 22.7 Å². The zero-order chi connectivity index (χ0) is 16.8. The molecule has 122 valence electrons. The van der Waals surface area contributed by atoms with Crippen molar-refractivity contribution in [2.45, 2.75) is 13.8 Å². The van der Waals surface area contributed by atoms with Crippen LogP contribution in [0.2, 0.25) is 0 Å². The van der Waals surface area contributed by atoms with E-state index in [1.165, 1.54) is 41.1 Å². The minimum atomic E-state index is 0.768. The van der Waals surface area contributed by atoms with Crippen LogP contribution in [0, 0.1) is 13.8 Å². The number of rotatable bonds is 3. The lowest BCUT2D eigenvalue weighted by Gasteiger charge is -2.12. The molecular weight excluding hydrogens is 336 g/mol. The van der Waals surface area contributed by atoms with E-state index in [0.717, 1.165) is 11.5 Å². The summed E-state index contributed by atoms with van der Waals surface area (Å²) in [6, 6.07) is 13.1. The summed E-state index contributed by atoms with van der Waals surface area (Å²) in [5.74, 6) is 1.54. The molecule has 0 aliphatic heterocycles. The molecule has 24 heavy (non-hydrogen) atoms. The van der Waals surface area contributed by atoms with Crippen LogP contribution in [0.3, 0.4) is 0 Å². The Balaban J connectivity index is 2.17. The van der Waals surface area contributed by atoms with E-state index in [0.29, 0.717) is 0 Å². The normalized spacial score (nSPS) is 11.3. The van der Waals surface area contributed by atoms with Crippen LogP contribution in [0.15, 0.2) is 36.4 Å². The van der Waals surface area contributed by atoms with Gasteiger partial charge >= 0.3 is 0 Å². The molecule has 0 saturated carbocycles. The lowest BCUT2D eigenvalue weighted by molar-refractivity contribution is 0.356. The van der Waals surface area contributed by atoms with Gasteiger partial charge in [-0.25, -0.2) is 0 Å². The molecule has 0 N–H and O–H groups in total. The van der Waals surface area contributed by atoms with Crippen molar-refractivity contribution < 1.29 is 9.47 Å². The molecule has 2 aromatic carbocycles. The van der Waals surface area contributed by atoms with Crippen molar-refractivity contribution in [1.82, 2.24) is 0 Å². The standard InChI is InChI=1S/C20H18O2S2/c1-11-5-6-18(23-11)19-15-10-17(22-4)16(21-3)9-13(15)8-14-7-12(2)24-20(14)19/h5-10H,1-4H3. The van der Waals surface area contributed by atoms with Crippen LogP contribution in [-0.2, 0) is 0 Å². The maximum absolute atomic E-state index is 5.54. The van der Waals surface area contributed by atoms with Crippen LogP contribution in [0.4, 0.5) is 0 Å². The zero-order valence-electron chi connectivity index (χ0n) is 14.1. The number of benzene rings is 2. The van der Waals surface area contributed by atoms with E-state index in [1.54, 1.807) is 14.2 Å². The predicted octanol–water partition coefficient (Wildman–Crippen LogP) is 6.42. The molecule has 0 aliphatic carbocycles. The zero-order valence-corrected chi connectivity index (χ0v) is 15.7. The Hall–Kier alpha value is -2.04.